The average molecular weight is 551 g/mol. The van der Waals surface area contributed by atoms with E-state index in [4.69, 9.17) is 14.2 Å². The third-order valence-electron chi connectivity index (χ3n) is 7.79. The second kappa shape index (κ2) is 13.9. The molecule has 0 saturated heterocycles. The van der Waals surface area contributed by atoms with E-state index in [1.165, 1.54) is 16.7 Å². The first kappa shape index (κ1) is 29.7. The zero-order valence-electron chi connectivity index (χ0n) is 24.5. The number of anilines is 1. The molecule has 1 aliphatic carbocycles. The molecule has 0 amide bonds. The van der Waals surface area contributed by atoms with Gasteiger partial charge in [-0.2, -0.15) is 0 Å². The molecule has 3 aromatic carbocycles. The lowest BCUT2D eigenvalue weighted by atomic mass is 9.79. The van der Waals surface area contributed by atoms with Crippen LogP contribution in [0.15, 0.2) is 54.6 Å². The first-order chi connectivity index (χ1) is 19.3. The van der Waals surface area contributed by atoms with Crippen LogP contribution in [-0.2, 0) is 24.1 Å². The fourth-order valence-electron chi connectivity index (χ4n) is 5.42. The van der Waals surface area contributed by atoms with Gasteiger partial charge >= 0.3 is 0 Å². The Kier molecular flexibility index (Phi) is 10.3. The van der Waals surface area contributed by atoms with Gasteiger partial charge in [-0.05, 0) is 98.7 Å². The highest BCUT2D eigenvalue weighted by atomic mass is 19.1. The molecule has 0 bridgehead atoms. The van der Waals surface area contributed by atoms with E-state index < -0.39 is 0 Å². The van der Waals surface area contributed by atoms with Crippen LogP contribution in [0.2, 0.25) is 0 Å². The summed E-state index contributed by atoms with van der Waals surface area (Å²) in [5.74, 6) is 1.39. The predicted molar refractivity (Wildman–Crippen MR) is 158 cm³/mol. The van der Waals surface area contributed by atoms with Gasteiger partial charge in [0, 0.05) is 44.5 Å². The van der Waals surface area contributed by atoms with E-state index in [-0.39, 0.29) is 17.6 Å². The first-order valence-electron chi connectivity index (χ1n) is 14.1. The minimum Gasteiger partial charge on any atom is -0.508 e. The van der Waals surface area contributed by atoms with E-state index >= 15 is 4.39 Å². The Morgan fingerprint density at radius 3 is 2.50 bits per heavy atom. The van der Waals surface area contributed by atoms with Crippen LogP contribution in [0.3, 0.4) is 0 Å². The zero-order valence-corrected chi connectivity index (χ0v) is 24.5. The molecule has 1 atom stereocenters. The summed E-state index contributed by atoms with van der Waals surface area (Å²) in [4.78, 5) is 4.42. The lowest BCUT2D eigenvalue weighted by Gasteiger charge is -2.35. The maximum atomic E-state index is 15.1. The number of nitrogens with zero attached hydrogens (tertiary/aromatic N) is 2. The standard InChI is InChI=1S/C33H43FN2O4/c1-23(2)36(22-24-6-13-33(31(34)18-24)40-17-15-35(3)14-16-38-4)32-21-29(39-5)11-12-30(32)27-8-7-26-20-28(37)10-9-25(26)19-27/h6,9-13,18,20-21,23,27,37H,7-8,14-17,19,22H2,1-5H3. The van der Waals surface area contributed by atoms with Crippen LogP contribution < -0.4 is 14.4 Å². The maximum absolute atomic E-state index is 15.1. The van der Waals surface area contributed by atoms with E-state index in [1.54, 1.807) is 32.4 Å². The van der Waals surface area contributed by atoms with Crippen LogP contribution in [0.1, 0.15) is 48.4 Å². The molecule has 0 aromatic heterocycles. The van der Waals surface area contributed by atoms with Gasteiger partial charge in [-0.1, -0.05) is 18.2 Å². The second-order valence-corrected chi connectivity index (χ2v) is 10.9. The number of fused-ring (bicyclic) bond motifs is 1. The van der Waals surface area contributed by atoms with Crippen molar-refractivity contribution in [2.24, 2.45) is 0 Å². The van der Waals surface area contributed by atoms with E-state index in [1.807, 2.05) is 31.3 Å². The van der Waals surface area contributed by atoms with Gasteiger partial charge in [-0.25, -0.2) is 4.39 Å². The molecule has 7 heteroatoms. The van der Waals surface area contributed by atoms with Gasteiger partial charge in [0.25, 0.3) is 0 Å². The predicted octanol–water partition coefficient (Wildman–Crippen LogP) is 6.18. The number of methoxy groups -OCH3 is 2. The van der Waals surface area contributed by atoms with E-state index in [9.17, 15) is 5.11 Å². The fourth-order valence-corrected chi connectivity index (χ4v) is 5.42. The van der Waals surface area contributed by atoms with Crippen LogP contribution in [-0.4, -0.2) is 63.6 Å². The Balaban J connectivity index is 1.53. The minimum atomic E-state index is -0.348. The molecule has 0 fully saturated rings. The van der Waals surface area contributed by atoms with Crippen LogP contribution in [0.4, 0.5) is 10.1 Å². The Bertz CT molecular complexity index is 1270. The molecule has 0 saturated carbocycles. The van der Waals surface area contributed by atoms with Crippen molar-refractivity contribution in [2.75, 3.05) is 52.5 Å². The van der Waals surface area contributed by atoms with Crippen molar-refractivity contribution in [3.8, 4) is 17.2 Å². The Morgan fingerprint density at radius 2 is 1.77 bits per heavy atom. The van der Waals surface area contributed by atoms with Gasteiger partial charge in [0.1, 0.15) is 18.1 Å². The van der Waals surface area contributed by atoms with Gasteiger partial charge < -0.3 is 29.1 Å². The van der Waals surface area contributed by atoms with Crippen molar-refractivity contribution in [2.45, 2.75) is 51.6 Å². The summed E-state index contributed by atoms with van der Waals surface area (Å²) in [5.41, 5.74) is 5.78. The smallest absolute Gasteiger partial charge is 0.165 e. The van der Waals surface area contributed by atoms with E-state index in [0.29, 0.717) is 38.0 Å². The summed E-state index contributed by atoms with van der Waals surface area (Å²) >= 11 is 0. The molecule has 0 heterocycles. The van der Waals surface area contributed by atoms with Gasteiger partial charge in [0.2, 0.25) is 0 Å². The number of rotatable bonds is 13. The summed E-state index contributed by atoms with van der Waals surface area (Å²) in [5, 5.41) is 9.92. The number of hydrogen-bond donors (Lipinski definition) is 1. The van der Waals surface area contributed by atoms with Crippen molar-refractivity contribution >= 4 is 5.69 Å². The number of halogens is 1. The number of phenolic OH excluding ortho intramolecular Hbond substituents is 1. The molecular weight excluding hydrogens is 507 g/mol. The molecular formula is C33H43FN2O4. The number of ether oxygens (including phenoxy) is 3. The molecule has 0 aliphatic heterocycles. The normalized spacial score (nSPS) is 14.8. The molecule has 3 aromatic rings. The van der Waals surface area contributed by atoms with Gasteiger partial charge in [0.15, 0.2) is 11.6 Å². The number of phenols is 1. The zero-order chi connectivity index (χ0) is 28.6. The lowest BCUT2D eigenvalue weighted by molar-refractivity contribution is 0.149. The Hall–Kier alpha value is -3.29. The van der Waals surface area contributed by atoms with Crippen LogP contribution in [0, 0.1) is 5.82 Å². The molecule has 1 unspecified atom stereocenters. The monoisotopic (exact) mass is 550 g/mol. The van der Waals surface area contributed by atoms with Crippen molar-refractivity contribution in [3.05, 3.63) is 82.7 Å². The van der Waals surface area contributed by atoms with Gasteiger partial charge in [-0.3, -0.25) is 0 Å². The third kappa shape index (κ3) is 7.46. The topological polar surface area (TPSA) is 54.4 Å². The summed E-state index contributed by atoms with van der Waals surface area (Å²) in [6.45, 7) is 7.44. The summed E-state index contributed by atoms with van der Waals surface area (Å²) < 4.78 is 31.5. The van der Waals surface area contributed by atoms with Crippen molar-refractivity contribution in [3.63, 3.8) is 0 Å². The minimum absolute atomic E-state index is 0.181. The molecule has 1 aliphatic rings. The number of likely N-dealkylation sites (N-methyl/N-ethyl adjacent to an activating group) is 1. The SMILES string of the molecule is COCCN(C)CCOc1ccc(CN(c2cc(OC)ccc2C2CCc3cc(O)ccc3C2)C(C)C)cc1F. The van der Waals surface area contributed by atoms with Crippen molar-refractivity contribution in [1.29, 1.82) is 0 Å². The molecule has 40 heavy (non-hydrogen) atoms. The molecule has 216 valence electrons. The van der Waals surface area contributed by atoms with E-state index in [2.05, 4.69) is 35.8 Å². The summed E-state index contributed by atoms with van der Waals surface area (Å²) in [7, 11) is 5.36. The largest absolute Gasteiger partial charge is 0.508 e. The van der Waals surface area contributed by atoms with Gasteiger partial charge in [0.05, 0.1) is 13.7 Å². The summed E-state index contributed by atoms with van der Waals surface area (Å²) in [6, 6.07) is 17.5. The quantitative estimate of drug-likeness (QED) is 0.274. The average Bonchev–Trinajstić information content (AvgIpc) is 2.95. The summed E-state index contributed by atoms with van der Waals surface area (Å²) in [6.07, 6.45) is 2.85. The fraction of sp³-hybridized carbons (Fsp3) is 0.455. The number of benzene rings is 3. The second-order valence-electron chi connectivity index (χ2n) is 10.9. The highest BCUT2D eigenvalue weighted by Crippen LogP contribution is 2.40. The van der Waals surface area contributed by atoms with Crippen LogP contribution >= 0.6 is 0 Å². The van der Waals surface area contributed by atoms with E-state index in [0.717, 1.165) is 42.8 Å². The number of aryl methyl sites for hydroxylation is 1. The molecule has 1 N–H and O–H groups in total. The third-order valence-corrected chi connectivity index (χ3v) is 7.79. The molecule has 4 rings (SSSR count). The van der Waals surface area contributed by atoms with Crippen LogP contribution in [0.5, 0.6) is 17.2 Å². The Labute approximate surface area is 238 Å². The number of hydrogen-bond acceptors (Lipinski definition) is 6. The first-order valence-corrected chi connectivity index (χ1v) is 14.1. The highest BCUT2D eigenvalue weighted by Gasteiger charge is 2.26. The molecule has 0 spiro atoms. The lowest BCUT2D eigenvalue weighted by Crippen LogP contribution is -2.32. The van der Waals surface area contributed by atoms with Crippen molar-refractivity contribution in [1.82, 2.24) is 4.90 Å². The number of aromatic hydroxyl groups is 1. The highest BCUT2D eigenvalue weighted by molar-refractivity contribution is 5.60. The molecule has 6 nitrogen and oxygen atoms in total. The maximum Gasteiger partial charge on any atom is 0.165 e. The van der Waals surface area contributed by atoms with Crippen LogP contribution in [0.25, 0.3) is 0 Å². The molecule has 0 radical (unpaired) electrons. The Morgan fingerprint density at radius 1 is 0.975 bits per heavy atom. The van der Waals surface area contributed by atoms with Crippen molar-refractivity contribution < 1.29 is 23.7 Å². The van der Waals surface area contributed by atoms with Gasteiger partial charge in [-0.15, -0.1) is 0 Å².